The predicted octanol–water partition coefficient (Wildman–Crippen LogP) is 1.26. The number of anilines is 1. The molecule has 0 spiro atoms. The van der Waals surface area contributed by atoms with E-state index in [1.807, 2.05) is 0 Å². The van der Waals surface area contributed by atoms with Gasteiger partial charge in [-0.3, -0.25) is 10.1 Å². The minimum absolute atomic E-state index is 0.143. The summed E-state index contributed by atoms with van der Waals surface area (Å²) in [6, 6.07) is 0.967. The number of aromatic nitrogens is 1. The third kappa shape index (κ3) is 4.18. The van der Waals surface area contributed by atoms with E-state index in [0.717, 1.165) is 12.3 Å². The molecule has 2 unspecified atom stereocenters. The first-order valence-electron chi connectivity index (χ1n) is 5.63. The molecule has 0 bridgehead atoms. The summed E-state index contributed by atoms with van der Waals surface area (Å²) in [4.78, 5) is 24.6. The Hall–Kier alpha value is -2.22. The first-order chi connectivity index (χ1) is 8.81. The number of pyridine rings is 1. The maximum Gasteiger partial charge on any atom is 0.342 e. The molecule has 104 valence electrons. The molecular formula is C11H15N3O5. The average Bonchev–Trinajstić information content (AvgIpc) is 2.27. The molecule has 3 N–H and O–H groups in total. The zero-order valence-corrected chi connectivity index (χ0v) is 10.5. The van der Waals surface area contributed by atoms with Crippen molar-refractivity contribution in [3.05, 3.63) is 27.9 Å². The second kappa shape index (κ2) is 6.10. The molecule has 1 rings (SSSR count). The van der Waals surface area contributed by atoms with Crippen molar-refractivity contribution in [1.29, 1.82) is 0 Å². The number of hydrogen-bond acceptors (Lipinski definition) is 6. The average molecular weight is 269 g/mol. The van der Waals surface area contributed by atoms with Gasteiger partial charge in [-0.2, -0.15) is 0 Å². The summed E-state index contributed by atoms with van der Waals surface area (Å²) in [6.45, 7) is 3.42. The van der Waals surface area contributed by atoms with E-state index in [9.17, 15) is 20.0 Å². The van der Waals surface area contributed by atoms with Crippen LogP contribution in [-0.4, -0.2) is 38.2 Å². The van der Waals surface area contributed by atoms with E-state index in [-0.39, 0.29) is 11.9 Å². The van der Waals surface area contributed by atoms with Crippen LogP contribution in [-0.2, 0) is 0 Å². The van der Waals surface area contributed by atoms with Crippen molar-refractivity contribution in [3.8, 4) is 0 Å². The van der Waals surface area contributed by atoms with E-state index in [1.165, 1.54) is 0 Å². The lowest BCUT2D eigenvalue weighted by Gasteiger charge is -2.16. The quantitative estimate of drug-likeness (QED) is 0.524. The standard InChI is InChI=1S/C11H15N3O5/c1-6(3-7(2)15)13-10-4-8(11(16)17)9(5-12-10)14(18)19/h4-7,15H,3H2,1-2H3,(H,12,13)(H,16,17). The fourth-order valence-electron chi connectivity index (χ4n) is 1.67. The van der Waals surface area contributed by atoms with Crippen LogP contribution in [0.4, 0.5) is 11.5 Å². The fourth-order valence-corrected chi connectivity index (χ4v) is 1.67. The number of hydrogen-bond donors (Lipinski definition) is 3. The summed E-state index contributed by atoms with van der Waals surface area (Å²) in [6.07, 6.45) is 0.835. The number of nitrogens with zero attached hydrogens (tertiary/aromatic N) is 2. The highest BCUT2D eigenvalue weighted by molar-refractivity contribution is 5.93. The predicted molar refractivity (Wildman–Crippen MR) is 67.2 cm³/mol. The Labute approximate surface area is 109 Å². The number of aliphatic hydroxyl groups excluding tert-OH is 1. The topological polar surface area (TPSA) is 126 Å². The molecule has 0 saturated heterocycles. The Morgan fingerprint density at radius 1 is 1.58 bits per heavy atom. The first-order valence-corrected chi connectivity index (χ1v) is 5.63. The molecular weight excluding hydrogens is 254 g/mol. The largest absolute Gasteiger partial charge is 0.477 e. The van der Waals surface area contributed by atoms with E-state index in [2.05, 4.69) is 10.3 Å². The molecule has 19 heavy (non-hydrogen) atoms. The van der Waals surface area contributed by atoms with Gasteiger partial charge in [0.1, 0.15) is 17.6 Å². The molecule has 0 amide bonds. The van der Waals surface area contributed by atoms with Crippen LogP contribution >= 0.6 is 0 Å². The van der Waals surface area contributed by atoms with Crippen LogP contribution in [0.3, 0.4) is 0 Å². The number of rotatable bonds is 6. The van der Waals surface area contributed by atoms with Crippen molar-refractivity contribution in [3.63, 3.8) is 0 Å². The lowest BCUT2D eigenvalue weighted by atomic mass is 10.1. The van der Waals surface area contributed by atoms with Gasteiger partial charge in [-0.05, 0) is 20.3 Å². The number of carboxylic acid groups (broad SMARTS) is 1. The molecule has 2 atom stereocenters. The van der Waals surface area contributed by atoms with E-state index < -0.39 is 28.2 Å². The van der Waals surface area contributed by atoms with E-state index in [4.69, 9.17) is 5.11 Å². The summed E-state index contributed by atoms with van der Waals surface area (Å²) >= 11 is 0. The molecule has 0 saturated carbocycles. The second-order valence-electron chi connectivity index (χ2n) is 4.28. The van der Waals surface area contributed by atoms with Crippen LogP contribution in [0.25, 0.3) is 0 Å². The second-order valence-corrected chi connectivity index (χ2v) is 4.28. The van der Waals surface area contributed by atoms with Gasteiger partial charge >= 0.3 is 11.7 Å². The Kier molecular flexibility index (Phi) is 4.76. The minimum atomic E-state index is -1.39. The van der Waals surface area contributed by atoms with Crippen molar-refractivity contribution < 1.29 is 19.9 Å². The number of nitrogens with one attached hydrogen (secondary N) is 1. The smallest absolute Gasteiger partial charge is 0.342 e. The number of aliphatic hydroxyl groups is 1. The van der Waals surface area contributed by atoms with E-state index in [1.54, 1.807) is 13.8 Å². The molecule has 1 aromatic heterocycles. The molecule has 8 nitrogen and oxygen atoms in total. The van der Waals surface area contributed by atoms with Crippen molar-refractivity contribution in [2.24, 2.45) is 0 Å². The number of nitro groups is 1. The minimum Gasteiger partial charge on any atom is -0.477 e. The van der Waals surface area contributed by atoms with Crippen LogP contribution in [0, 0.1) is 10.1 Å². The molecule has 0 fully saturated rings. The van der Waals surface area contributed by atoms with Crippen molar-refractivity contribution in [1.82, 2.24) is 4.98 Å². The van der Waals surface area contributed by atoms with Crippen LogP contribution in [0.15, 0.2) is 12.3 Å². The van der Waals surface area contributed by atoms with Gasteiger partial charge in [-0.1, -0.05) is 0 Å². The van der Waals surface area contributed by atoms with Crippen molar-refractivity contribution in [2.45, 2.75) is 32.4 Å². The highest BCUT2D eigenvalue weighted by Gasteiger charge is 2.21. The Morgan fingerprint density at radius 2 is 2.21 bits per heavy atom. The Morgan fingerprint density at radius 3 is 2.68 bits per heavy atom. The third-order valence-electron chi connectivity index (χ3n) is 2.40. The van der Waals surface area contributed by atoms with Crippen LogP contribution in [0.5, 0.6) is 0 Å². The van der Waals surface area contributed by atoms with Gasteiger partial charge in [0.2, 0.25) is 0 Å². The van der Waals surface area contributed by atoms with Gasteiger partial charge in [0.25, 0.3) is 0 Å². The molecule has 0 aliphatic heterocycles. The highest BCUT2D eigenvalue weighted by Crippen LogP contribution is 2.21. The Balaban J connectivity index is 2.96. The van der Waals surface area contributed by atoms with E-state index in [0.29, 0.717) is 6.42 Å². The summed E-state index contributed by atoms with van der Waals surface area (Å²) in [5, 5.41) is 31.7. The summed E-state index contributed by atoms with van der Waals surface area (Å²) < 4.78 is 0. The fraction of sp³-hybridized carbons (Fsp3) is 0.455. The van der Waals surface area contributed by atoms with Crippen molar-refractivity contribution >= 4 is 17.5 Å². The zero-order chi connectivity index (χ0) is 14.6. The number of carboxylic acids is 1. The summed E-state index contributed by atoms with van der Waals surface area (Å²) in [5.41, 5.74) is -0.979. The molecule has 0 aliphatic rings. The lowest BCUT2D eigenvalue weighted by molar-refractivity contribution is -0.385. The maximum absolute atomic E-state index is 10.9. The molecule has 1 heterocycles. The van der Waals surface area contributed by atoms with Gasteiger partial charge in [0.05, 0.1) is 11.0 Å². The van der Waals surface area contributed by atoms with Crippen LogP contribution < -0.4 is 5.32 Å². The van der Waals surface area contributed by atoms with Crippen LogP contribution in [0.1, 0.15) is 30.6 Å². The van der Waals surface area contributed by atoms with Gasteiger partial charge < -0.3 is 15.5 Å². The summed E-state index contributed by atoms with van der Waals surface area (Å²) in [5.74, 6) is -1.17. The molecule has 1 aromatic rings. The molecule has 0 aliphatic carbocycles. The first kappa shape index (κ1) is 14.8. The monoisotopic (exact) mass is 269 g/mol. The number of aromatic carboxylic acids is 1. The van der Waals surface area contributed by atoms with Crippen LogP contribution in [0.2, 0.25) is 0 Å². The SMILES string of the molecule is CC(O)CC(C)Nc1cc(C(=O)O)c([N+](=O)[O-])cn1. The lowest BCUT2D eigenvalue weighted by Crippen LogP contribution is -2.21. The van der Waals surface area contributed by atoms with Gasteiger partial charge in [-0.15, -0.1) is 0 Å². The van der Waals surface area contributed by atoms with E-state index >= 15 is 0 Å². The van der Waals surface area contributed by atoms with Gasteiger partial charge in [0, 0.05) is 12.1 Å². The normalized spacial score (nSPS) is 13.6. The maximum atomic E-state index is 10.9. The summed E-state index contributed by atoms with van der Waals surface area (Å²) in [7, 11) is 0. The third-order valence-corrected chi connectivity index (χ3v) is 2.40. The highest BCUT2D eigenvalue weighted by atomic mass is 16.6. The molecule has 0 radical (unpaired) electrons. The number of carbonyl (C=O) groups is 1. The van der Waals surface area contributed by atoms with Gasteiger partial charge in [-0.25, -0.2) is 9.78 Å². The van der Waals surface area contributed by atoms with Crippen molar-refractivity contribution in [2.75, 3.05) is 5.32 Å². The zero-order valence-electron chi connectivity index (χ0n) is 10.5. The Bertz CT molecular complexity index is 489. The van der Waals surface area contributed by atoms with Gasteiger partial charge in [0.15, 0.2) is 0 Å². The molecule has 8 heteroatoms. The molecule has 0 aromatic carbocycles.